The summed E-state index contributed by atoms with van der Waals surface area (Å²) in [5.74, 6) is -1.00. The van der Waals surface area contributed by atoms with E-state index in [9.17, 15) is 14.0 Å². The van der Waals surface area contributed by atoms with Crippen molar-refractivity contribution in [2.75, 3.05) is 0 Å². The van der Waals surface area contributed by atoms with Crippen molar-refractivity contribution in [2.45, 2.75) is 13.8 Å². The van der Waals surface area contributed by atoms with Gasteiger partial charge in [0.05, 0.1) is 5.41 Å². The van der Waals surface area contributed by atoms with Gasteiger partial charge in [0.15, 0.2) is 11.6 Å². The van der Waals surface area contributed by atoms with Crippen molar-refractivity contribution in [1.29, 1.82) is 0 Å². The predicted molar refractivity (Wildman–Crippen MR) is 48.8 cm³/mol. The molecule has 1 aromatic carbocycles. The zero-order valence-electron chi connectivity index (χ0n) is 7.93. The monoisotopic (exact) mass is 192 g/mol. The third-order valence-corrected chi connectivity index (χ3v) is 2.61. The highest BCUT2D eigenvalue weighted by Gasteiger charge is 2.45. The van der Waals surface area contributed by atoms with E-state index >= 15 is 0 Å². The Balaban J connectivity index is 2.71. The number of fused-ring (bicyclic) bond motifs is 1. The first-order chi connectivity index (χ1) is 6.44. The van der Waals surface area contributed by atoms with E-state index in [4.69, 9.17) is 0 Å². The molecule has 14 heavy (non-hydrogen) atoms. The molecule has 0 aromatic heterocycles. The largest absolute Gasteiger partial charge is 0.293 e. The highest BCUT2D eigenvalue weighted by atomic mass is 19.1. The van der Waals surface area contributed by atoms with Crippen LogP contribution in [-0.4, -0.2) is 11.6 Å². The van der Waals surface area contributed by atoms with Crippen LogP contribution in [0.15, 0.2) is 18.2 Å². The van der Waals surface area contributed by atoms with Crippen molar-refractivity contribution in [1.82, 2.24) is 0 Å². The van der Waals surface area contributed by atoms with Crippen LogP contribution < -0.4 is 0 Å². The summed E-state index contributed by atoms with van der Waals surface area (Å²) in [7, 11) is 0. The Hall–Kier alpha value is -1.51. The Kier molecular flexibility index (Phi) is 1.62. The van der Waals surface area contributed by atoms with E-state index in [1.807, 2.05) is 0 Å². The fourth-order valence-corrected chi connectivity index (χ4v) is 1.68. The highest BCUT2D eigenvalue weighted by Crippen LogP contribution is 2.36. The molecule has 0 unspecified atom stereocenters. The summed E-state index contributed by atoms with van der Waals surface area (Å²) in [4.78, 5) is 23.4. The molecule has 72 valence electrons. The minimum absolute atomic E-state index is 0.208. The van der Waals surface area contributed by atoms with Crippen LogP contribution in [0.25, 0.3) is 0 Å². The average Bonchev–Trinajstić information content (AvgIpc) is 2.29. The molecular weight excluding hydrogens is 183 g/mol. The van der Waals surface area contributed by atoms with Gasteiger partial charge in [-0.1, -0.05) is 0 Å². The molecule has 2 nitrogen and oxygen atoms in total. The first-order valence-corrected chi connectivity index (χ1v) is 4.34. The lowest BCUT2D eigenvalue weighted by atomic mass is 9.88. The van der Waals surface area contributed by atoms with Crippen LogP contribution in [0, 0.1) is 11.2 Å². The molecular formula is C11H9FO2. The molecule has 0 bridgehead atoms. The first-order valence-electron chi connectivity index (χ1n) is 4.34. The van der Waals surface area contributed by atoms with Crippen molar-refractivity contribution in [3.8, 4) is 0 Å². The fourth-order valence-electron chi connectivity index (χ4n) is 1.68. The molecule has 0 aliphatic heterocycles. The van der Waals surface area contributed by atoms with Crippen molar-refractivity contribution in [2.24, 2.45) is 5.41 Å². The second kappa shape index (κ2) is 2.50. The van der Waals surface area contributed by atoms with E-state index in [1.165, 1.54) is 12.1 Å². The van der Waals surface area contributed by atoms with E-state index in [0.29, 0.717) is 5.56 Å². The van der Waals surface area contributed by atoms with Gasteiger partial charge in [-0.05, 0) is 32.0 Å². The maximum absolute atomic E-state index is 12.9. The van der Waals surface area contributed by atoms with Gasteiger partial charge in [-0.2, -0.15) is 0 Å². The van der Waals surface area contributed by atoms with Crippen molar-refractivity contribution < 1.29 is 14.0 Å². The molecule has 0 fully saturated rings. The van der Waals surface area contributed by atoms with Crippen LogP contribution in [-0.2, 0) is 0 Å². The van der Waals surface area contributed by atoms with Gasteiger partial charge in [-0.3, -0.25) is 9.59 Å². The Morgan fingerprint density at radius 2 is 1.64 bits per heavy atom. The zero-order valence-corrected chi connectivity index (χ0v) is 7.93. The van der Waals surface area contributed by atoms with Gasteiger partial charge in [0.1, 0.15) is 5.82 Å². The molecule has 0 spiro atoms. The minimum atomic E-state index is -1.03. The summed E-state index contributed by atoms with van der Waals surface area (Å²) in [6.45, 7) is 3.13. The van der Waals surface area contributed by atoms with Crippen molar-refractivity contribution >= 4 is 11.6 Å². The van der Waals surface area contributed by atoms with E-state index in [-0.39, 0.29) is 17.1 Å². The lowest BCUT2D eigenvalue weighted by molar-refractivity contribution is 0.0746. The molecule has 1 aliphatic carbocycles. The number of halogens is 1. The van der Waals surface area contributed by atoms with Gasteiger partial charge in [0, 0.05) is 11.1 Å². The summed E-state index contributed by atoms with van der Waals surface area (Å²) in [6, 6.07) is 3.70. The molecule has 0 heterocycles. The van der Waals surface area contributed by atoms with Crippen molar-refractivity contribution in [3.63, 3.8) is 0 Å². The van der Waals surface area contributed by atoms with E-state index in [0.717, 1.165) is 6.07 Å². The number of hydrogen-bond acceptors (Lipinski definition) is 2. The van der Waals surface area contributed by atoms with Crippen LogP contribution in [0.1, 0.15) is 34.6 Å². The second-order valence-electron chi connectivity index (χ2n) is 3.97. The number of rotatable bonds is 0. The number of Topliss-reactive ketones (excluding diaryl/α,β-unsaturated/α-hetero) is 2. The topological polar surface area (TPSA) is 34.1 Å². The van der Waals surface area contributed by atoms with Gasteiger partial charge >= 0.3 is 0 Å². The van der Waals surface area contributed by atoms with Gasteiger partial charge in [-0.25, -0.2) is 4.39 Å². The molecule has 0 amide bonds. The predicted octanol–water partition coefficient (Wildman–Crippen LogP) is 2.23. The Morgan fingerprint density at radius 3 is 2.29 bits per heavy atom. The van der Waals surface area contributed by atoms with Gasteiger partial charge in [0.2, 0.25) is 0 Å². The molecule has 0 radical (unpaired) electrons. The van der Waals surface area contributed by atoms with Gasteiger partial charge in [0.25, 0.3) is 0 Å². The number of ketones is 2. The molecule has 0 N–H and O–H groups in total. The van der Waals surface area contributed by atoms with Crippen LogP contribution in [0.5, 0.6) is 0 Å². The smallest absolute Gasteiger partial charge is 0.177 e. The van der Waals surface area contributed by atoms with Crippen LogP contribution in [0.4, 0.5) is 4.39 Å². The number of benzene rings is 1. The highest BCUT2D eigenvalue weighted by molar-refractivity contribution is 6.28. The molecule has 0 saturated carbocycles. The molecule has 3 heteroatoms. The average molecular weight is 192 g/mol. The molecule has 0 atom stereocenters. The quantitative estimate of drug-likeness (QED) is 0.590. The summed E-state index contributed by atoms with van der Waals surface area (Å²) >= 11 is 0. The molecule has 1 aromatic rings. The molecule has 1 aliphatic rings. The summed E-state index contributed by atoms with van der Waals surface area (Å²) < 4.78 is 12.9. The number of hydrogen-bond donors (Lipinski definition) is 0. The van der Waals surface area contributed by atoms with E-state index in [2.05, 4.69) is 0 Å². The number of carbonyl (C=O) groups excluding carboxylic acids is 2. The zero-order chi connectivity index (χ0) is 10.5. The summed E-state index contributed by atoms with van der Waals surface area (Å²) in [6.07, 6.45) is 0. The Labute approximate surface area is 80.7 Å². The normalized spacial score (nSPS) is 18.5. The lowest BCUT2D eigenvalue weighted by Crippen LogP contribution is -2.25. The van der Waals surface area contributed by atoms with Gasteiger partial charge < -0.3 is 0 Å². The third-order valence-electron chi connectivity index (χ3n) is 2.61. The summed E-state index contributed by atoms with van der Waals surface area (Å²) in [5.41, 5.74) is -0.489. The number of carbonyl (C=O) groups is 2. The fraction of sp³-hybridized carbons (Fsp3) is 0.273. The lowest BCUT2D eigenvalue weighted by Gasteiger charge is -2.11. The molecule has 0 saturated heterocycles. The second-order valence-corrected chi connectivity index (χ2v) is 3.97. The third kappa shape index (κ3) is 0.953. The maximum Gasteiger partial charge on any atom is 0.177 e. The first kappa shape index (κ1) is 9.06. The van der Waals surface area contributed by atoms with E-state index in [1.54, 1.807) is 13.8 Å². The molecule has 2 rings (SSSR count). The minimum Gasteiger partial charge on any atom is -0.293 e. The standard InChI is InChI=1S/C11H9FO2/c1-11(2)9(13)7-4-3-6(12)5-8(7)10(11)14/h3-5H,1-2H3. The SMILES string of the molecule is CC1(C)C(=O)c2ccc(F)cc2C1=O. The Morgan fingerprint density at radius 1 is 1.07 bits per heavy atom. The van der Waals surface area contributed by atoms with Crippen molar-refractivity contribution in [3.05, 3.63) is 35.1 Å². The van der Waals surface area contributed by atoms with Gasteiger partial charge in [-0.15, -0.1) is 0 Å². The maximum atomic E-state index is 12.9. The Bertz CT molecular complexity index is 447. The van der Waals surface area contributed by atoms with Crippen LogP contribution >= 0.6 is 0 Å². The van der Waals surface area contributed by atoms with E-state index < -0.39 is 11.2 Å². The van der Waals surface area contributed by atoms with Crippen LogP contribution in [0.2, 0.25) is 0 Å². The summed E-state index contributed by atoms with van der Waals surface area (Å²) in [5, 5.41) is 0. The van der Waals surface area contributed by atoms with Crippen LogP contribution in [0.3, 0.4) is 0 Å².